The Balaban J connectivity index is 3.46. The van der Waals surface area contributed by atoms with Crippen molar-refractivity contribution in [2.45, 2.75) is 6.92 Å². The molecule has 0 fully saturated rings. The van der Waals surface area contributed by atoms with Crippen molar-refractivity contribution in [1.82, 2.24) is 0 Å². The number of hydrogen-bond acceptors (Lipinski definition) is 2. The van der Waals surface area contributed by atoms with Crippen LogP contribution in [-0.4, -0.2) is 17.2 Å². The van der Waals surface area contributed by atoms with Crippen molar-refractivity contribution in [1.29, 1.82) is 0 Å². The molecule has 0 bridgehead atoms. The van der Waals surface area contributed by atoms with E-state index in [4.69, 9.17) is 10.0 Å². The van der Waals surface area contributed by atoms with Gasteiger partial charge < -0.3 is 10.0 Å². The fraction of sp³-hybridized carbons (Fsp3) is 0.143. The van der Waals surface area contributed by atoms with Gasteiger partial charge in [0.1, 0.15) is 11.6 Å². The molecule has 0 aliphatic carbocycles. The monoisotopic (exact) mass is 250 g/mol. The molecule has 0 aliphatic heterocycles. The van der Waals surface area contributed by atoms with E-state index in [1.807, 2.05) is 0 Å². The Kier molecular flexibility index (Phi) is 3.05. The van der Waals surface area contributed by atoms with E-state index in [-0.39, 0.29) is 10.0 Å². The van der Waals surface area contributed by atoms with Crippen LogP contribution in [0.2, 0.25) is 0 Å². The maximum atomic E-state index is 13.2. The second-order valence-electron chi connectivity index (χ2n) is 2.59. The van der Waals surface area contributed by atoms with Crippen LogP contribution < -0.4 is 5.46 Å². The Labute approximate surface area is 82.5 Å². The zero-order valence-electron chi connectivity index (χ0n) is 6.68. The topological polar surface area (TPSA) is 40.5 Å². The molecule has 0 aromatic heterocycles. The summed E-state index contributed by atoms with van der Waals surface area (Å²) in [6, 6.07) is 0.977. The Morgan fingerprint density at radius 3 is 2.38 bits per heavy atom. The third-order valence-corrected chi connectivity index (χ3v) is 2.44. The second kappa shape index (κ2) is 3.73. The first kappa shape index (κ1) is 10.6. The van der Waals surface area contributed by atoms with E-state index in [9.17, 15) is 8.78 Å². The van der Waals surface area contributed by atoms with Gasteiger partial charge in [-0.15, -0.1) is 0 Å². The number of benzene rings is 1. The highest BCUT2D eigenvalue weighted by Crippen LogP contribution is 2.17. The van der Waals surface area contributed by atoms with Gasteiger partial charge in [-0.05, 0) is 34.5 Å². The van der Waals surface area contributed by atoms with Crippen LogP contribution in [0.4, 0.5) is 8.78 Å². The van der Waals surface area contributed by atoms with Crippen LogP contribution in [0, 0.1) is 18.6 Å². The minimum atomic E-state index is -2.02. The zero-order chi connectivity index (χ0) is 10.2. The van der Waals surface area contributed by atoms with Gasteiger partial charge in [-0.25, -0.2) is 8.78 Å². The second-order valence-corrected chi connectivity index (χ2v) is 3.38. The van der Waals surface area contributed by atoms with E-state index in [0.717, 1.165) is 6.07 Å². The first-order valence-corrected chi connectivity index (χ1v) is 4.24. The molecule has 1 rings (SSSR count). The standard InChI is InChI=1S/C7H6BBrF2O2/c1-3-2-4(10)6(9)5(7(3)11)8(12)13/h2,12-13H,1H3. The summed E-state index contributed by atoms with van der Waals surface area (Å²) < 4.78 is 25.9. The van der Waals surface area contributed by atoms with Crippen molar-refractivity contribution in [3.63, 3.8) is 0 Å². The molecule has 6 heteroatoms. The van der Waals surface area contributed by atoms with Gasteiger partial charge in [-0.1, -0.05) is 0 Å². The van der Waals surface area contributed by atoms with Gasteiger partial charge in [0.25, 0.3) is 0 Å². The van der Waals surface area contributed by atoms with Crippen molar-refractivity contribution in [3.05, 3.63) is 27.7 Å². The lowest BCUT2D eigenvalue weighted by atomic mass is 9.79. The van der Waals surface area contributed by atoms with Gasteiger partial charge >= 0.3 is 7.12 Å². The Hall–Kier alpha value is -0.455. The van der Waals surface area contributed by atoms with Crippen molar-refractivity contribution in [2.24, 2.45) is 0 Å². The summed E-state index contributed by atoms with van der Waals surface area (Å²) in [5, 5.41) is 17.5. The summed E-state index contributed by atoms with van der Waals surface area (Å²) in [5.74, 6) is -1.54. The molecule has 0 spiro atoms. The van der Waals surface area contributed by atoms with Crippen molar-refractivity contribution < 1.29 is 18.8 Å². The normalized spacial score (nSPS) is 10.3. The van der Waals surface area contributed by atoms with E-state index in [1.165, 1.54) is 6.92 Å². The number of hydrogen-bond donors (Lipinski definition) is 2. The van der Waals surface area contributed by atoms with Crippen LogP contribution in [0.1, 0.15) is 5.56 Å². The fourth-order valence-electron chi connectivity index (χ4n) is 0.981. The maximum Gasteiger partial charge on any atom is 0.492 e. The molecule has 0 unspecified atom stereocenters. The highest BCUT2D eigenvalue weighted by Gasteiger charge is 2.24. The molecular weight excluding hydrogens is 245 g/mol. The summed E-state index contributed by atoms with van der Waals surface area (Å²) in [6.45, 7) is 1.34. The molecule has 13 heavy (non-hydrogen) atoms. The van der Waals surface area contributed by atoms with Crippen LogP contribution in [0.5, 0.6) is 0 Å². The van der Waals surface area contributed by atoms with Crippen LogP contribution in [0.15, 0.2) is 10.5 Å². The molecule has 0 saturated heterocycles. The van der Waals surface area contributed by atoms with Crippen molar-refractivity contribution in [3.8, 4) is 0 Å². The largest absolute Gasteiger partial charge is 0.492 e. The third kappa shape index (κ3) is 1.90. The van der Waals surface area contributed by atoms with Gasteiger partial charge in [0, 0.05) is 5.46 Å². The number of aryl methyl sites for hydroxylation is 1. The van der Waals surface area contributed by atoms with Crippen LogP contribution in [0.25, 0.3) is 0 Å². The van der Waals surface area contributed by atoms with Crippen LogP contribution in [-0.2, 0) is 0 Å². The van der Waals surface area contributed by atoms with E-state index >= 15 is 0 Å². The van der Waals surface area contributed by atoms with Gasteiger partial charge in [0.15, 0.2) is 0 Å². The molecule has 0 saturated carbocycles. The average molecular weight is 251 g/mol. The summed E-state index contributed by atoms with van der Waals surface area (Å²) in [7, 11) is -2.02. The lowest BCUT2D eigenvalue weighted by molar-refractivity contribution is 0.421. The lowest BCUT2D eigenvalue weighted by Gasteiger charge is -2.07. The van der Waals surface area contributed by atoms with Gasteiger partial charge in [0.2, 0.25) is 0 Å². The minimum absolute atomic E-state index is 0.0313. The van der Waals surface area contributed by atoms with Gasteiger partial charge in [-0.3, -0.25) is 0 Å². The molecule has 0 aliphatic rings. The summed E-state index contributed by atoms with van der Waals surface area (Å²) in [5.41, 5.74) is -0.443. The van der Waals surface area contributed by atoms with Crippen molar-refractivity contribution >= 4 is 28.5 Å². The summed E-state index contributed by atoms with van der Waals surface area (Å²) in [6.07, 6.45) is 0. The molecule has 1 aromatic rings. The Morgan fingerprint density at radius 2 is 1.92 bits per heavy atom. The quantitative estimate of drug-likeness (QED) is 0.570. The summed E-state index contributed by atoms with van der Waals surface area (Å²) >= 11 is 2.73. The van der Waals surface area contributed by atoms with Crippen molar-refractivity contribution in [2.75, 3.05) is 0 Å². The van der Waals surface area contributed by atoms with Gasteiger partial charge in [-0.2, -0.15) is 0 Å². The fourth-order valence-corrected chi connectivity index (χ4v) is 1.47. The lowest BCUT2D eigenvalue weighted by Crippen LogP contribution is -2.35. The predicted molar refractivity (Wildman–Crippen MR) is 48.6 cm³/mol. The number of halogens is 3. The molecule has 0 radical (unpaired) electrons. The highest BCUT2D eigenvalue weighted by atomic mass is 79.9. The first-order chi connectivity index (χ1) is 5.95. The number of rotatable bonds is 1. The van der Waals surface area contributed by atoms with E-state index < -0.39 is 24.2 Å². The van der Waals surface area contributed by atoms with E-state index in [1.54, 1.807) is 0 Å². The van der Waals surface area contributed by atoms with E-state index in [0.29, 0.717) is 0 Å². The molecule has 0 heterocycles. The average Bonchev–Trinajstić information content (AvgIpc) is 2.01. The zero-order valence-corrected chi connectivity index (χ0v) is 8.27. The Bertz CT molecular complexity index is 318. The molecule has 2 nitrogen and oxygen atoms in total. The first-order valence-electron chi connectivity index (χ1n) is 3.45. The Morgan fingerprint density at radius 1 is 1.38 bits per heavy atom. The molecule has 2 N–H and O–H groups in total. The van der Waals surface area contributed by atoms with Gasteiger partial charge in [0.05, 0.1) is 4.47 Å². The maximum absolute atomic E-state index is 13.2. The van der Waals surface area contributed by atoms with E-state index in [2.05, 4.69) is 15.9 Å². The molecule has 1 aromatic carbocycles. The summed E-state index contributed by atoms with van der Waals surface area (Å²) in [4.78, 5) is 0. The molecule has 0 atom stereocenters. The molecule has 70 valence electrons. The highest BCUT2D eigenvalue weighted by molar-refractivity contribution is 9.10. The van der Waals surface area contributed by atoms with Crippen LogP contribution in [0.3, 0.4) is 0 Å². The molecular formula is C7H6BBrF2O2. The SMILES string of the molecule is Cc1cc(F)c(Br)c(B(O)O)c1F. The third-order valence-electron chi connectivity index (χ3n) is 1.63. The van der Waals surface area contributed by atoms with Crippen LogP contribution >= 0.6 is 15.9 Å². The smallest absolute Gasteiger partial charge is 0.423 e. The minimum Gasteiger partial charge on any atom is -0.423 e. The molecule has 0 amide bonds. The predicted octanol–water partition coefficient (Wildman–Crippen LogP) is 0.716.